The molecule has 0 heterocycles. The average Bonchev–Trinajstić information content (AvgIpc) is 2.46. The van der Waals surface area contributed by atoms with Crippen LogP contribution < -0.4 is 5.73 Å². The van der Waals surface area contributed by atoms with E-state index in [0.29, 0.717) is 5.56 Å². The second-order valence-electron chi connectivity index (χ2n) is 4.56. The predicted molar refractivity (Wildman–Crippen MR) is 79.2 cm³/mol. The SMILES string of the molecule is CCc1ccc(-c2ccccc2)c(CC)c1C(N)=O. The first-order chi connectivity index (χ1) is 9.19. The highest BCUT2D eigenvalue weighted by Gasteiger charge is 2.16. The Bertz CT molecular complexity index is 588. The molecular weight excluding hydrogens is 234 g/mol. The number of amides is 1. The number of carbonyl (C=O) groups is 1. The highest BCUT2D eigenvalue weighted by Crippen LogP contribution is 2.29. The number of hydrogen-bond donors (Lipinski definition) is 1. The van der Waals surface area contributed by atoms with Gasteiger partial charge in [-0.1, -0.05) is 56.3 Å². The van der Waals surface area contributed by atoms with Crippen molar-refractivity contribution in [3.63, 3.8) is 0 Å². The zero-order valence-electron chi connectivity index (χ0n) is 11.4. The standard InChI is InChI=1S/C17H19NO/c1-3-12-10-11-15(13-8-6-5-7-9-13)14(4-2)16(12)17(18)19/h5-11H,3-4H2,1-2H3,(H2,18,19). The Kier molecular flexibility index (Phi) is 4.00. The number of nitrogens with two attached hydrogens (primary N) is 1. The predicted octanol–water partition coefficient (Wildman–Crippen LogP) is 3.58. The molecule has 0 aliphatic carbocycles. The van der Waals surface area contributed by atoms with Crippen LogP contribution in [0.5, 0.6) is 0 Å². The van der Waals surface area contributed by atoms with E-state index < -0.39 is 0 Å². The van der Waals surface area contributed by atoms with Crippen LogP contribution in [0.1, 0.15) is 35.3 Å². The molecule has 0 aliphatic rings. The Morgan fingerprint density at radius 1 is 1.00 bits per heavy atom. The van der Waals surface area contributed by atoms with Crippen LogP contribution in [-0.4, -0.2) is 5.91 Å². The number of rotatable bonds is 4. The van der Waals surface area contributed by atoms with Crippen molar-refractivity contribution in [3.05, 3.63) is 59.2 Å². The minimum atomic E-state index is -0.327. The van der Waals surface area contributed by atoms with Crippen molar-refractivity contribution in [1.29, 1.82) is 0 Å². The molecule has 2 heteroatoms. The zero-order valence-corrected chi connectivity index (χ0v) is 11.4. The second kappa shape index (κ2) is 5.70. The van der Waals surface area contributed by atoms with Gasteiger partial charge in [0.05, 0.1) is 0 Å². The molecule has 0 saturated heterocycles. The Labute approximate surface area is 114 Å². The van der Waals surface area contributed by atoms with Gasteiger partial charge in [0.2, 0.25) is 5.91 Å². The Morgan fingerprint density at radius 3 is 2.21 bits per heavy atom. The zero-order chi connectivity index (χ0) is 13.8. The molecule has 2 aromatic carbocycles. The van der Waals surface area contributed by atoms with E-state index in [9.17, 15) is 4.79 Å². The van der Waals surface area contributed by atoms with Crippen LogP contribution in [0.2, 0.25) is 0 Å². The molecule has 2 nitrogen and oxygen atoms in total. The molecule has 2 rings (SSSR count). The molecule has 0 spiro atoms. The molecule has 0 unspecified atom stereocenters. The van der Waals surface area contributed by atoms with Gasteiger partial charge in [0.25, 0.3) is 0 Å². The van der Waals surface area contributed by atoms with Crippen LogP contribution in [0.4, 0.5) is 0 Å². The molecule has 0 atom stereocenters. The fourth-order valence-electron chi connectivity index (χ4n) is 2.55. The molecule has 2 aromatic rings. The van der Waals surface area contributed by atoms with Gasteiger partial charge in [-0.3, -0.25) is 4.79 Å². The van der Waals surface area contributed by atoms with E-state index in [1.165, 1.54) is 0 Å². The number of aryl methyl sites for hydroxylation is 1. The molecule has 98 valence electrons. The quantitative estimate of drug-likeness (QED) is 0.889. The first-order valence-corrected chi connectivity index (χ1v) is 6.69. The van der Waals surface area contributed by atoms with Crippen molar-refractivity contribution in [1.82, 2.24) is 0 Å². The van der Waals surface area contributed by atoms with Crippen LogP contribution in [-0.2, 0) is 12.8 Å². The molecule has 0 radical (unpaired) electrons. The van der Waals surface area contributed by atoms with Crippen LogP contribution in [0.15, 0.2) is 42.5 Å². The highest BCUT2D eigenvalue weighted by molar-refractivity contribution is 5.98. The van der Waals surface area contributed by atoms with Gasteiger partial charge < -0.3 is 5.73 Å². The number of hydrogen-bond acceptors (Lipinski definition) is 1. The molecule has 2 N–H and O–H groups in total. The Balaban J connectivity index is 2.70. The normalized spacial score (nSPS) is 10.4. The summed E-state index contributed by atoms with van der Waals surface area (Å²) < 4.78 is 0. The molecule has 0 fully saturated rings. The van der Waals surface area contributed by atoms with Gasteiger partial charge in [-0.25, -0.2) is 0 Å². The first-order valence-electron chi connectivity index (χ1n) is 6.69. The second-order valence-corrected chi connectivity index (χ2v) is 4.56. The summed E-state index contributed by atoms with van der Waals surface area (Å²) in [4.78, 5) is 11.8. The van der Waals surface area contributed by atoms with Gasteiger partial charge in [-0.15, -0.1) is 0 Å². The van der Waals surface area contributed by atoms with Gasteiger partial charge >= 0.3 is 0 Å². The van der Waals surface area contributed by atoms with Gasteiger partial charge in [0, 0.05) is 5.56 Å². The lowest BCUT2D eigenvalue weighted by molar-refractivity contribution is 0.0998. The topological polar surface area (TPSA) is 43.1 Å². The van der Waals surface area contributed by atoms with E-state index in [-0.39, 0.29) is 5.91 Å². The van der Waals surface area contributed by atoms with Crippen molar-refractivity contribution in [2.75, 3.05) is 0 Å². The summed E-state index contributed by atoms with van der Waals surface area (Å²) in [6, 6.07) is 14.2. The maximum Gasteiger partial charge on any atom is 0.249 e. The van der Waals surface area contributed by atoms with Gasteiger partial charge in [-0.05, 0) is 35.1 Å². The molecule has 0 aliphatic heterocycles. The monoisotopic (exact) mass is 253 g/mol. The lowest BCUT2D eigenvalue weighted by Gasteiger charge is -2.15. The van der Waals surface area contributed by atoms with Crippen molar-refractivity contribution < 1.29 is 4.79 Å². The Hall–Kier alpha value is -2.09. The molecule has 1 amide bonds. The van der Waals surface area contributed by atoms with E-state index >= 15 is 0 Å². The van der Waals surface area contributed by atoms with Gasteiger partial charge in [0.1, 0.15) is 0 Å². The van der Waals surface area contributed by atoms with Gasteiger partial charge in [-0.2, -0.15) is 0 Å². The van der Waals surface area contributed by atoms with Crippen LogP contribution in [0.25, 0.3) is 11.1 Å². The first kappa shape index (κ1) is 13.3. The van der Waals surface area contributed by atoms with E-state index in [2.05, 4.69) is 25.1 Å². The third kappa shape index (κ3) is 2.53. The van der Waals surface area contributed by atoms with Crippen molar-refractivity contribution >= 4 is 5.91 Å². The summed E-state index contributed by atoms with van der Waals surface area (Å²) in [5, 5.41) is 0. The summed E-state index contributed by atoms with van der Waals surface area (Å²) in [6.45, 7) is 4.11. The number of primary amides is 1. The van der Waals surface area contributed by atoms with Gasteiger partial charge in [0.15, 0.2) is 0 Å². The minimum Gasteiger partial charge on any atom is -0.366 e. The maximum atomic E-state index is 11.8. The lowest BCUT2D eigenvalue weighted by Crippen LogP contribution is -2.17. The molecular formula is C17H19NO. The third-order valence-corrected chi connectivity index (χ3v) is 3.46. The molecule has 0 saturated carbocycles. The summed E-state index contributed by atoms with van der Waals surface area (Å²) >= 11 is 0. The number of carbonyl (C=O) groups excluding carboxylic acids is 1. The van der Waals surface area contributed by atoms with Crippen molar-refractivity contribution in [2.24, 2.45) is 5.73 Å². The van der Waals surface area contributed by atoms with E-state index in [0.717, 1.165) is 35.1 Å². The molecule has 0 bridgehead atoms. The largest absolute Gasteiger partial charge is 0.366 e. The van der Waals surface area contributed by atoms with Crippen LogP contribution >= 0.6 is 0 Å². The molecule has 19 heavy (non-hydrogen) atoms. The Morgan fingerprint density at radius 2 is 1.68 bits per heavy atom. The van der Waals surface area contributed by atoms with E-state index in [4.69, 9.17) is 5.73 Å². The highest BCUT2D eigenvalue weighted by atomic mass is 16.1. The maximum absolute atomic E-state index is 11.8. The third-order valence-electron chi connectivity index (χ3n) is 3.46. The lowest BCUT2D eigenvalue weighted by atomic mass is 9.89. The smallest absolute Gasteiger partial charge is 0.249 e. The van der Waals surface area contributed by atoms with Crippen molar-refractivity contribution in [2.45, 2.75) is 26.7 Å². The van der Waals surface area contributed by atoms with E-state index in [1.54, 1.807) is 0 Å². The minimum absolute atomic E-state index is 0.327. The van der Waals surface area contributed by atoms with Crippen molar-refractivity contribution in [3.8, 4) is 11.1 Å². The van der Waals surface area contributed by atoms with E-state index in [1.807, 2.05) is 31.2 Å². The average molecular weight is 253 g/mol. The summed E-state index contributed by atoms with van der Waals surface area (Å²) in [7, 11) is 0. The van der Waals surface area contributed by atoms with Crippen LogP contribution in [0, 0.1) is 0 Å². The fourth-order valence-corrected chi connectivity index (χ4v) is 2.55. The summed E-state index contributed by atoms with van der Waals surface area (Å²) in [5.74, 6) is -0.327. The summed E-state index contributed by atoms with van der Waals surface area (Å²) in [5.41, 5.74) is 10.6. The summed E-state index contributed by atoms with van der Waals surface area (Å²) in [6.07, 6.45) is 1.62. The molecule has 0 aromatic heterocycles. The van der Waals surface area contributed by atoms with Crippen LogP contribution in [0.3, 0.4) is 0 Å². The number of benzene rings is 2. The fraction of sp³-hybridized carbons (Fsp3) is 0.235.